The molecule has 3 N–H and O–H groups in total. The van der Waals surface area contributed by atoms with Crippen molar-refractivity contribution in [2.45, 2.75) is 32.2 Å². The minimum atomic E-state index is -3.68. The molecule has 2 aromatic carbocycles. The minimum Gasteiger partial charge on any atom is -0.326 e. The van der Waals surface area contributed by atoms with Crippen molar-refractivity contribution in [1.82, 2.24) is 4.72 Å². The summed E-state index contributed by atoms with van der Waals surface area (Å²) in [6, 6.07) is 12.9. The quantitative estimate of drug-likeness (QED) is 0.677. The van der Waals surface area contributed by atoms with E-state index in [1.807, 2.05) is 0 Å². The summed E-state index contributed by atoms with van der Waals surface area (Å²) in [6.45, 7) is 5.11. The molecule has 2 amide bonds. The van der Waals surface area contributed by atoms with E-state index in [-0.39, 0.29) is 29.2 Å². The van der Waals surface area contributed by atoms with E-state index in [0.717, 1.165) is 5.56 Å². The van der Waals surface area contributed by atoms with E-state index in [2.05, 4.69) is 15.4 Å². The highest BCUT2D eigenvalue weighted by Crippen LogP contribution is 2.15. The molecule has 0 saturated heterocycles. The number of amides is 2. The Morgan fingerprint density at radius 2 is 1.41 bits per heavy atom. The van der Waals surface area contributed by atoms with Crippen molar-refractivity contribution < 1.29 is 18.0 Å². The average Bonchev–Trinajstić information content (AvgIpc) is 2.61. The van der Waals surface area contributed by atoms with Gasteiger partial charge in [0.25, 0.3) is 0 Å². The molecule has 0 fully saturated rings. The summed E-state index contributed by atoms with van der Waals surface area (Å²) in [5.74, 6) is -0.420. The van der Waals surface area contributed by atoms with Crippen LogP contribution < -0.4 is 15.4 Å². The summed E-state index contributed by atoms with van der Waals surface area (Å²) >= 11 is 0. The molecule has 144 valence electrons. The Bertz CT molecular complexity index is 905. The fraction of sp³-hybridized carbons (Fsp3) is 0.263. The van der Waals surface area contributed by atoms with Crippen molar-refractivity contribution in [3.63, 3.8) is 0 Å². The maximum atomic E-state index is 12.4. The second-order valence-electron chi connectivity index (χ2n) is 6.37. The van der Waals surface area contributed by atoms with Gasteiger partial charge in [0.1, 0.15) is 0 Å². The highest BCUT2D eigenvalue weighted by molar-refractivity contribution is 7.89. The van der Waals surface area contributed by atoms with Crippen LogP contribution in [0.15, 0.2) is 53.4 Å². The molecule has 2 aromatic rings. The number of benzene rings is 2. The first-order chi connectivity index (χ1) is 12.7. The molecule has 7 nitrogen and oxygen atoms in total. The molecule has 0 unspecified atom stereocenters. The van der Waals surface area contributed by atoms with Crippen molar-refractivity contribution >= 4 is 33.2 Å². The lowest BCUT2D eigenvalue weighted by molar-refractivity contribution is -0.119. The van der Waals surface area contributed by atoms with Crippen LogP contribution in [-0.2, 0) is 26.2 Å². The lowest BCUT2D eigenvalue weighted by Gasteiger charge is -2.10. The number of carbonyl (C=O) groups excluding carboxylic acids is 2. The lowest BCUT2D eigenvalue weighted by atomic mass is 10.2. The first-order valence-electron chi connectivity index (χ1n) is 8.44. The average molecular weight is 389 g/mol. The van der Waals surface area contributed by atoms with Gasteiger partial charge >= 0.3 is 0 Å². The first-order valence-corrected chi connectivity index (χ1v) is 9.93. The monoisotopic (exact) mass is 389 g/mol. The number of hydrogen-bond donors (Lipinski definition) is 3. The van der Waals surface area contributed by atoms with Gasteiger partial charge in [0.05, 0.1) is 4.90 Å². The summed E-state index contributed by atoms with van der Waals surface area (Å²) in [4.78, 5) is 22.8. The Morgan fingerprint density at radius 1 is 0.889 bits per heavy atom. The van der Waals surface area contributed by atoms with E-state index in [4.69, 9.17) is 0 Å². The van der Waals surface area contributed by atoms with Crippen LogP contribution in [0.1, 0.15) is 26.3 Å². The molecule has 8 heteroatoms. The SMILES string of the molecule is CC(=O)Nc1ccc(S(=O)(=O)NCc2ccc(NC(=O)C(C)C)cc2)cc1. The second-order valence-corrected chi connectivity index (χ2v) is 8.14. The Labute approximate surface area is 159 Å². The zero-order chi connectivity index (χ0) is 20.0. The highest BCUT2D eigenvalue weighted by Gasteiger charge is 2.14. The van der Waals surface area contributed by atoms with Crippen LogP contribution in [0, 0.1) is 5.92 Å². The summed E-state index contributed by atoms with van der Waals surface area (Å²) in [5.41, 5.74) is 1.95. The van der Waals surface area contributed by atoms with Crippen LogP contribution in [0.25, 0.3) is 0 Å². The molecule has 0 aliphatic carbocycles. The fourth-order valence-corrected chi connectivity index (χ4v) is 3.19. The third-order valence-electron chi connectivity index (χ3n) is 3.70. The molecule has 0 aliphatic rings. The van der Waals surface area contributed by atoms with Crippen LogP contribution in [0.4, 0.5) is 11.4 Å². The summed E-state index contributed by atoms with van der Waals surface area (Å²) < 4.78 is 27.3. The van der Waals surface area contributed by atoms with E-state index in [1.54, 1.807) is 38.1 Å². The molecule has 0 saturated carbocycles. The van der Waals surface area contributed by atoms with E-state index in [9.17, 15) is 18.0 Å². The van der Waals surface area contributed by atoms with Crippen LogP contribution in [0.5, 0.6) is 0 Å². The van der Waals surface area contributed by atoms with Gasteiger partial charge < -0.3 is 10.6 Å². The standard InChI is InChI=1S/C19H23N3O4S/c1-13(2)19(24)22-17-6-4-15(5-7-17)12-20-27(25,26)18-10-8-16(9-11-18)21-14(3)23/h4-11,13,20H,12H2,1-3H3,(H,21,23)(H,22,24). The van der Waals surface area contributed by atoms with Crippen LogP contribution in [-0.4, -0.2) is 20.2 Å². The van der Waals surface area contributed by atoms with Gasteiger partial charge in [-0.1, -0.05) is 26.0 Å². The van der Waals surface area contributed by atoms with E-state index >= 15 is 0 Å². The number of sulfonamides is 1. The highest BCUT2D eigenvalue weighted by atomic mass is 32.2. The second kappa shape index (κ2) is 8.79. The van der Waals surface area contributed by atoms with Gasteiger partial charge in [-0.15, -0.1) is 0 Å². The molecule has 0 heterocycles. The molecular weight excluding hydrogens is 366 g/mol. The van der Waals surface area contributed by atoms with Gasteiger partial charge in [0.2, 0.25) is 21.8 Å². The minimum absolute atomic E-state index is 0.0776. The van der Waals surface area contributed by atoms with Crippen LogP contribution in [0.3, 0.4) is 0 Å². The zero-order valence-corrected chi connectivity index (χ0v) is 16.3. The summed E-state index contributed by atoms with van der Waals surface area (Å²) in [7, 11) is -3.68. The number of anilines is 2. The van der Waals surface area contributed by atoms with Gasteiger partial charge in [-0.3, -0.25) is 9.59 Å². The third-order valence-corrected chi connectivity index (χ3v) is 5.11. The maximum absolute atomic E-state index is 12.4. The summed E-state index contributed by atoms with van der Waals surface area (Å²) in [5, 5.41) is 5.36. The summed E-state index contributed by atoms with van der Waals surface area (Å²) in [6.07, 6.45) is 0. The predicted octanol–water partition coefficient (Wildman–Crippen LogP) is 2.72. The molecule has 2 rings (SSSR count). The van der Waals surface area contributed by atoms with Gasteiger partial charge in [-0.05, 0) is 42.0 Å². The van der Waals surface area contributed by atoms with Gasteiger partial charge in [0.15, 0.2) is 0 Å². The Morgan fingerprint density at radius 3 is 1.93 bits per heavy atom. The third kappa shape index (κ3) is 6.19. The lowest BCUT2D eigenvalue weighted by Crippen LogP contribution is -2.23. The molecular formula is C19H23N3O4S. The number of nitrogens with one attached hydrogen (secondary N) is 3. The molecule has 0 aliphatic heterocycles. The van der Waals surface area contributed by atoms with E-state index in [1.165, 1.54) is 31.2 Å². The molecule has 0 bridgehead atoms. The van der Waals surface area contributed by atoms with Gasteiger partial charge in [-0.25, -0.2) is 13.1 Å². The molecule has 0 radical (unpaired) electrons. The molecule has 27 heavy (non-hydrogen) atoms. The van der Waals surface area contributed by atoms with Crippen molar-refractivity contribution in [2.24, 2.45) is 5.92 Å². The van der Waals surface area contributed by atoms with Crippen molar-refractivity contribution in [1.29, 1.82) is 0 Å². The Balaban J connectivity index is 1.98. The smallest absolute Gasteiger partial charge is 0.240 e. The maximum Gasteiger partial charge on any atom is 0.240 e. The molecule has 0 spiro atoms. The van der Waals surface area contributed by atoms with Gasteiger partial charge in [-0.2, -0.15) is 0 Å². The largest absolute Gasteiger partial charge is 0.326 e. The first kappa shape index (κ1) is 20.6. The number of rotatable bonds is 7. The normalized spacial score (nSPS) is 11.3. The van der Waals surface area contributed by atoms with Crippen LogP contribution >= 0.6 is 0 Å². The molecule has 0 aromatic heterocycles. The van der Waals surface area contributed by atoms with Gasteiger partial charge in [0, 0.05) is 30.8 Å². The Hall–Kier alpha value is -2.71. The Kier molecular flexibility index (Phi) is 6.70. The zero-order valence-electron chi connectivity index (χ0n) is 15.4. The van der Waals surface area contributed by atoms with Crippen molar-refractivity contribution in [2.75, 3.05) is 10.6 Å². The van der Waals surface area contributed by atoms with Crippen LogP contribution in [0.2, 0.25) is 0 Å². The topological polar surface area (TPSA) is 104 Å². The van der Waals surface area contributed by atoms with Crippen molar-refractivity contribution in [3.05, 3.63) is 54.1 Å². The van der Waals surface area contributed by atoms with Crippen molar-refractivity contribution in [3.8, 4) is 0 Å². The number of hydrogen-bond acceptors (Lipinski definition) is 4. The molecule has 0 atom stereocenters. The predicted molar refractivity (Wildman–Crippen MR) is 105 cm³/mol. The van der Waals surface area contributed by atoms with E-state index < -0.39 is 10.0 Å². The number of carbonyl (C=O) groups is 2. The van der Waals surface area contributed by atoms with E-state index in [0.29, 0.717) is 11.4 Å². The fourth-order valence-electron chi connectivity index (χ4n) is 2.17.